The van der Waals surface area contributed by atoms with Gasteiger partial charge in [0, 0.05) is 0 Å². The highest BCUT2D eigenvalue weighted by Crippen LogP contribution is 2.23. The Bertz CT molecular complexity index is 677. The molecule has 21 heavy (non-hydrogen) atoms. The van der Waals surface area contributed by atoms with Gasteiger partial charge in [0.1, 0.15) is 5.82 Å². The molecule has 0 atom stereocenters. The van der Waals surface area contributed by atoms with Crippen LogP contribution in [0, 0.1) is 5.82 Å². The summed E-state index contributed by atoms with van der Waals surface area (Å²) in [5.74, 6) is -1.81. The summed E-state index contributed by atoms with van der Waals surface area (Å²) >= 11 is 0. The van der Waals surface area contributed by atoms with Crippen molar-refractivity contribution in [2.45, 2.75) is 0 Å². The van der Waals surface area contributed by atoms with Crippen LogP contribution in [0.5, 0.6) is 0 Å². The molecule has 0 unspecified atom stereocenters. The van der Waals surface area contributed by atoms with Crippen molar-refractivity contribution in [3.05, 3.63) is 59.4 Å². The smallest absolute Gasteiger partial charge is 0.340 e. The Balaban J connectivity index is 2.38. The lowest BCUT2D eigenvalue weighted by Gasteiger charge is -2.06. The number of esters is 2. The second-order valence-electron chi connectivity index (χ2n) is 4.26. The van der Waals surface area contributed by atoms with Gasteiger partial charge >= 0.3 is 11.9 Å². The van der Waals surface area contributed by atoms with Crippen molar-refractivity contribution in [3.8, 4) is 11.1 Å². The Hall–Kier alpha value is -2.69. The van der Waals surface area contributed by atoms with E-state index in [1.807, 2.05) is 0 Å². The largest absolute Gasteiger partial charge is 0.465 e. The number of hydrogen-bond acceptors (Lipinski definition) is 4. The van der Waals surface area contributed by atoms with Gasteiger partial charge in [-0.15, -0.1) is 0 Å². The molecule has 4 nitrogen and oxygen atoms in total. The molecule has 0 aliphatic rings. The summed E-state index contributed by atoms with van der Waals surface area (Å²) in [7, 11) is 2.50. The molecule has 0 aliphatic heterocycles. The van der Waals surface area contributed by atoms with Gasteiger partial charge in [-0.3, -0.25) is 0 Å². The van der Waals surface area contributed by atoms with E-state index >= 15 is 0 Å². The van der Waals surface area contributed by atoms with Gasteiger partial charge in [0.25, 0.3) is 0 Å². The molecule has 0 spiro atoms. The van der Waals surface area contributed by atoms with Crippen molar-refractivity contribution in [2.24, 2.45) is 0 Å². The molecule has 2 aromatic rings. The van der Waals surface area contributed by atoms with Crippen LogP contribution >= 0.6 is 0 Å². The number of rotatable bonds is 3. The SMILES string of the molecule is COC(=O)c1ccc(-c2ccc(F)c(C(=O)OC)c2)cc1. The van der Waals surface area contributed by atoms with Crippen LogP contribution in [-0.2, 0) is 9.47 Å². The summed E-state index contributed by atoms with van der Waals surface area (Å²) in [6.07, 6.45) is 0. The maximum atomic E-state index is 13.6. The molecule has 0 heterocycles. The van der Waals surface area contributed by atoms with E-state index in [4.69, 9.17) is 0 Å². The Morgan fingerprint density at radius 1 is 0.857 bits per heavy atom. The van der Waals surface area contributed by atoms with Crippen molar-refractivity contribution >= 4 is 11.9 Å². The molecule has 108 valence electrons. The minimum Gasteiger partial charge on any atom is -0.465 e. The van der Waals surface area contributed by atoms with Gasteiger partial charge in [-0.2, -0.15) is 0 Å². The predicted octanol–water partition coefficient (Wildman–Crippen LogP) is 3.07. The quantitative estimate of drug-likeness (QED) is 0.814. The fourth-order valence-corrected chi connectivity index (χ4v) is 1.89. The zero-order valence-electron chi connectivity index (χ0n) is 11.6. The van der Waals surface area contributed by atoms with Crippen LogP contribution in [0.4, 0.5) is 4.39 Å². The molecule has 5 heteroatoms. The second-order valence-corrected chi connectivity index (χ2v) is 4.26. The summed E-state index contributed by atoms with van der Waals surface area (Å²) in [6, 6.07) is 10.8. The average molecular weight is 288 g/mol. The van der Waals surface area contributed by atoms with Gasteiger partial charge in [-0.25, -0.2) is 14.0 Å². The monoisotopic (exact) mass is 288 g/mol. The zero-order chi connectivity index (χ0) is 15.4. The number of benzene rings is 2. The number of hydrogen-bond donors (Lipinski definition) is 0. The standard InChI is InChI=1S/C16H13FO4/c1-20-15(18)11-5-3-10(4-6-11)12-7-8-14(17)13(9-12)16(19)21-2/h3-9H,1-2H3. The molecule has 2 aromatic carbocycles. The van der Waals surface area contributed by atoms with Crippen molar-refractivity contribution in [2.75, 3.05) is 14.2 Å². The normalized spacial score (nSPS) is 10.0. The van der Waals surface area contributed by atoms with Crippen LogP contribution in [0.25, 0.3) is 11.1 Å². The highest BCUT2D eigenvalue weighted by Gasteiger charge is 2.13. The topological polar surface area (TPSA) is 52.6 Å². The van der Waals surface area contributed by atoms with Crippen LogP contribution in [0.2, 0.25) is 0 Å². The fourth-order valence-electron chi connectivity index (χ4n) is 1.89. The first-order valence-corrected chi connectivity index (χ1v) is 6.13. The van der Waals surface area contributed by atoms with Crippen LogP contribution in [0.15, 0.2) is 42.5 Å². The maximum Gasteiger partial charge on any atom is 0.340 e. The lowest BCUT2D eigenvalue weighted by molar-refractivity contribution is 0.0589. The summed E-state index contributed by atoms with van der Waals surface area (Å²) in [6.45, 7) is 0. The van der Waals surface area contributed by atoms with Crippen LogP contribution in [-0.4, -0.2) is 26.2 Å². The molecule has 0 saturated heterocycles. The third-order valence-electron chi connectivity index (χ3n) is 3.01. The second kappa shape index (κ2) is 6.17. The van der Waals surface area contributed by atoms with E-state index in [1.165, 1.54) is 26.4 Å². The Labute approximate surface area is 121 Å². The average Bonchev–Trinajstić information content (AvgIpc) is 2.54. The molecule has 0 saturated carbocycles. The summed E-state index contributed by atoms with van der Waals surface area (Å²) in [4.78, 5) is 22.8. The van der Waals surface area contributed by atoms with E-state index < -0.39 is 17.8 Å². The first kappa shape index (κ1) is 14.7. The van der Waals surface area contributed by atoms with Crippen LogP contribution in [0.1, 0.15) is 20.7 Å². The van der Waals surface area contributed by atoms with Gasteiger partial charge in [-0.05, 0) is 35.4 Å². The van der Waals surface area contributed by atoms with Crippen molar-refractivity contribution < 1.29 is 23.5 Å². The number of carbonyl (C=O) groups is 2. The Kier molecular flexibility index (Phi) is 4.33. The molecule has 0 N–H and O–H groups in total. The minimum atomic E-state index is -0.736. The van der Waals surface area contributed by atoms with E-state index in [-0.39, 0.29) is 5.56 Å². The fraction of sp³-hybridized carbons (Fsp3) is 0.125. The molecule has 0 radical (unpaired) electrons. The van der Waals surface area contributed by atoms with Crippen LogP contribution < -0.4 is 0 Å². The van der Waals surface area contributed by atoms with Crippen molar-refractivity contribution in [1.82, 2.24) is 0 Å². The predicted molar refractivity (Wildman–Crippen MR) is 74.5 cm³/mol. The molecule has 0 fully saturated rings. The zero-order valence-corrected chi connectivity index (χ0v) is 11.6. The highest BCUT2D eigenvalue weighted by molar-refractivity contribution is 5.92. The number of carbonyl (C=O) groups excluding carboxylic acids is 2. The van der Waals surface area contributed by atoms with Crippen molar-refractivity contribution in [1.29, 1.82) is 0 Å². The van der Waals surface area contributed by atoms with Gasteiger partial charge in [-0.1, -0.05) is 18.2 Å². The minimum absolute atomic E-state index is 0.132. The first-order chi connectivity index (χ1) is 10.1. The van der Waals surface area contributed by atoms with Crippen molar-refractivity contribution in [3.63, 3.8) is 0 Å². The summed E-state index contributed by atoms with van der Waals surface area (Å²) in [5.41, 5.74) is 1.67. The molecule has 2 rings (SSSR count). The lowest BCUT2D eigenvalue weighted by Crippen LogP contribution is -2.04. The maximum absolute atomic E-state index is 13.6. The summed E-state index contributed by atoms with van der Waals surface area (Å²) < 4.78 is 22.7. The van der Waals surface area contributed by atoms with Gasteiger partial charge in [0.05, 0.1) is 25.3 Å². The van der Waals surface area contributed by atoms with E-state index in [0.29, 0.717) is 11.1 Å². The Morgan fingerprint density at radius 2 is 1.43 bits per heavy atom. The highest BCUT2D eigenvalue weighted by atomic mass is 19.1. The molecular formula is C16H13FO4. The van der Waals surface area contributed by atoms with Crippen LogP contribution in [0.3, 0.4) is 0 Å². The summed E-state index contributed by atoms with van der Waals surface area (Å²) in [5, 5.41) is 0. The molecule has 0 aromatic heterocycles. The van der Waals surface area contributed by atoms with Gasteiger partial charge in [0.15, 0.2) is 0 Å². The Morgan fingerprint density at radius 3 is 2.00 bits per heavy atom. The van der Waals surface area contributed by atoms with E-state index in [1.54, 1.807) is 30.3 Å². The molecular weight excluding hydrogens is 275 g/mol. The van der Waals surface area contributed by atoms with E-state index in [9.17, 15) is 14.0 Å². The number of methoxy groups -OCH3 is 2. The number of ether oxygens (including phenoxy) is 2. The first-order valence-electron chi connectivity index (χ1n) is 6.13. The molecule has 0 bridgehead atoms. The molecule has 0 amide bonds. The number of halogens is 1. The molecule has 0 aliphatic carbocycles. The van der Waals surface area contributed by atoms with E-state index in [2.05, 4.69) is 9.47 Å². The van der Waals surface area contributed by atoms with Gasteiger partial charge < -0.3 is 9.47 Å². The third kappa shape index (κ3) is 3.08. The van der Waals surface area contributed by atoms with E-state index in [0.717, 1.165) is 5.56 Å². The van der Waals surface area contributed by atoms with Gasteiger partial charge in [0.2, 0.25) is 0 Å². The third-order valence-corrected chi connectivity index (χ3v) is 3.01. The lowest BCUT2D eigenvalue weighted by atomic mass is 10.0.